The Hall–Kier alpha value is -1.56. The van der Waals surface area contributed by atoms with Crippen molar-refractivity contribution in [3.05, 3.63) is 28.2 Å². The number of benzene rings is 1. The third kappa shape index (κ3) is 3.90. The Labute approximate surface area is 102 Å². The first-order valence-corrected chi connectivity index (χ1v) is 5.37. The predicted octanol–water partition coefficient (Wildman–Crippen LogP) is 1.36. The van der Waals surface area contributed by atoms with Crippen molar-refractivity contribution in [3.8, 4) is 0 Å². The molecule has 6 heteroatoms. The van der Waals surface area contributed by atoms with Gasteiger partial charge in [-0.2, -0.15) is 0 Å². The van der Waals surface area contributed by atoms with E-state index in [0.29, 0.717) is 0 Å². The van der Waals surface area contributed by atoms with Crippen LogP contribution in [0.15, 0.2) is 22.7 Å². The van der Waals surface area contributed by atoms with Gasteiger partial charge in [0.25, 0.3) is 0 Å². The molecule has 0 unspecified atom stereocenters. The van der Waals surface area contributed by atoms with Crippen molar-refractivity contribution in [1.82, 2.24) is 5.32 Å². The summed E-state index contributed by atoms with van der Waals surface area (Å²) in [7, 11) is 0. The molecule has 16 heavy (non-hydrogen) atoms. The molecule has 0 saturated heterocycles. The molecule has 0 atom stereocenters. The van der Waals surface area contributed by atoms with E-state index < -0.39 is 11.9 Å². The minimum Gasteiger partial charge on any atom is -0.375 e. The highest BCUT2D eigenvalue weighted by atomic mass is 79.9. The van der Waals surface area contributed by atoms with Gasteiger partial charge in [0, 0.05) is 10.2 Å². The summed E-state index contributed by atoms with van der Waals surface area (Å²) < 4.78 is 0.852. The fourth-order valence-corrected chi connectivity index (χ4v) is 1.52. The SMILES string of the molecule is Cc1ccc(Br)c(NCC(=O)NC(N)=O)c1. The van der Waals surface area contributed by atoms with Crippen LogP contribution >= 0.6 is 15.9 Å². The van der Waals surface area contributed by atoms with Gasteiger partial charge in [0.1, 0.15) is 0 Å². The second-order valence-electron chi connectivity index (χ2n) is 3.25. The average Bonchev–Trinajstić information content (AvgIpc) is 2.18. The summed E-state index contributed by atoms with van der Waals surface area (Å²) in [4.78, 5) is 21.5. The lowest BCUT2D eigenvalue weighted by atomic mass is 10.2. The number of nitrogens with one attached hydrogen (secondary N) is 2. The minimum absolute atomic E-state index is 0.00894. The standard InChI is InChI=1S/C10H12BrN3O2/c1-6-2-3-7(11)8(4-6)13-5-9(15)14-10(12)16/h2-4,13H,5H2,1H3,(H3,12,14,15,16). The molecule has 3 amide bonds. The lowest BCUT2D eigenvalue weighted by Gasteiger charge is -2.08. The number of rotatable bonds is 3. The van der Waals surface area contributed by atoms with Gasteiger partial charge in [-0.05, 0) is 40.5 Å². The van der Waals surface area contributed by atoms with Crippen LogP contribution in [-0.2, 0) is 4.79 Å². The second kappa shape index (κ2) is 5.50. The highest BCUT2D eigenvalue weighted by Crippen LogP contribution is 2.22. The van der Waals surface area contributed by atoms with Crippen LogP contribution in [0.2, 0.25) is 0 Å². The fraction of sp³-hybridized carbons (Fsp3) is 0.200. The molecule has 0 fully saturated rings. The Kier molecular flexibility index (Phi) is 4.30. The second-order valence-corrected chi connectivity index (χ2v) is 4.10. The zero-order valence-electron chi connectivity index (χ0n) is 8.71. The van der Waals surface area contributed by atoms with E-state index in [9.17, 15) is 9.59 Å². The number of anilines is 1. The van der Waals surface area contributed by atoms with Gasteiger partial charge in [-0.25, -0.2) is 4.79 Å². The number of hydrogen-bond acceptors (Lipinski definition) is 3. The van der Waals surface area contributed by atoms with Crippen molar-refractivity contribution in [2.45, 2.75) is 6.92 Å². The smallest absolute Gasteiger partial charge is 0.318 e. The lowest BCUT2D eigenvalue weighted by molar-refractivity contribution is -0.118. The Morgan fingerprint density at radius 1 is 1.44 bits per heavy atom. The van der Waals surface area contributed by atoms with E-state index in [1.54, 1.807) is 0 Å². The molecule has 1 aromatic carbocycles. The summed E-state index contributed by atoms with van der Waals surface area (Å²) in [6.45, 7) is 1.94. The maximum Gasteiger partial charge on any atom is 0.318 e. The van der Waals surface area contributed by atoms with E-state index in [-0.39, 0.29) is 6.54 Å². The monoisotopic (exact) mass is 285 g/mol. The van der Waals surface area contributed by atoms with Crippen molar-refractivity contribution in [2.75, 3.05) is 11.9 Å². The molecular weight excluding hydrogens is 274 g/mol. The molecule has 0 spiro atoms. The molecule has 4 N–H and O–H groups in total. The number of nitrogens with two attached hydrogens (primary N) is 1. The molecule has 0 bridgehead atoms. The van der Waals surface area contributed by atoms with Crippen LogP contribution in [0.4, 0.5) is 10.5 Å². The van der Waals surface area contributed by atoms with Gasteiger partial charge < -0.3 is 11.1 Å². The van der Waals surface area contributed by atoms with Crippen molar-refractivity contribution in [3.63, 3.8) is 0 Å². The van der Waals surface area contributed by atoms with Crippen molar-refractivity contribution >= 4 is 33.6 Å². The van der Waals surface area contributed by atoms with Crippen LogP contribution in [0, 0.1) is 6.92 Å². The Morgan fingerprint density at radius 2 is 2.12 bits per heavy atom. The quantitative estimate of drug-likeness (QED) is 0.784. The molecule has 0 radical (unpaired) electrons. The molecule has 86 valence electrons. The molecule has 1 aromatic rings. The number of carbonyl (C=O) groups excluding carboxylic acids is 2. The van der Waals surface area contributed by atoms with Crippen molar-refractivity contribution in [1.29, 1.82) is 0 Å². The topological polar surface area (TPSA) is 84.2 Å². The molecule has 0 aliphatic carbocycles. The zero-order chi connectivity index (χ0) is 12.1. The molecule has 0 aliphatic heterocycles. The first-order chi connectivity index (χ1) is 7.49. The summed E-state index contributed by atoms with van der Waals surface area (Å²) in [5, 5.41) is 4.86. The maximum atomic E-state index is 11.1. The third-order valence-electron chi connectivity index (χ3n) is 1.82. The fourth-order valence-electron chi connectivity index (χ4n) is 1.13. The Morgan fingerprint density at radius 3 is 2.75 bits per heavy atom. The molecule has 0 heterocycles. The van der Waals surface area contributed by atoms with Crippen LogP contribution in [-0.4, -0.2) is 18.5 Å². The number of hydrogen-bond donors (Lipinski definition) is 3. The molecular formula is C10H12BrN3O2. The van der Waals surface area contributed by atoms with Crippen LogP contribution in [0.3, 0.4) is 0 Å². The van der Waals surface area contributed by atoms with E-state index in [1.807, 2.05) is 30.4 Å². The molecule has 0 aromatic heterocycles. The first-order valence-electron chi connectivity index (χ1n) is 4.58. The Bertz CT molecular complexity index is 421. The summed E-state index contributed by atoms with van der Waals surface area (Å²) in [5.41, 5.74) is 6.67. The largest absolute Gasteiger partial charge is 0.375 e. The number of halogens is 1. The highest BCUT2D eigenvalue weighted by molar-refractivity contribution is 9.10. The van der Waals surface area contributed by atoms with Crippen LogP contribution in [0.1, 0.15) is 5.56 Å². The first kappa shape index (κ1) is 12.5. The molecule has 0 saturated carbocycles. The van der Waals surface area contributed by atoms with Crippen LogP contribution in [0.5, 0.6) is 0 Å². The molecule has 5 nitrogen and oxygen atoms in total. The average molecular weight is 286 g/mol. The minimum atomic E-state index is -0.852. The number of aryl methyl sites for hydroxylation is 1. The van der Waals surface area contributed by atoms with E-state index in [2.05, 4.69) is 21.2 Å². The summed E-state index contributed by atoms with van der Waals surface area (Å²) >= 11 is 3.35. The van der Waals surface area contributed by atoms with Gasteiger partial charge in [0.2, 0.25) is 5.91 Å². The summed E-state index contributed by atoms with van der Waals surface area (Å²) in [5.74, 6) is -0.471. The summed E-state index contributed by atoms with van der Waals surface area (Å²) in [6.07, 6.45) is 0. The van der Waals surface area contributed by atoms with E-state index in [4.69, 9.17) is 5.73 Å². The van der Waals surface area contributed by atoms with E-state index in [0.717, 1.165) is 15.7 Å². The van der Waals surface area contributed by atoms with Gasteiger partial charge in [-0.1, -0.05) is 6.07 Å². The maximum absolute atomic E-state index is 11.1. The number of primary amides is 1. The lowest BCUT2D eigenvalue weighted by Crippen LogP contribution is -2.38. The third-order valence-corrected chi connectivity index (χ3v) is 2.52. The molecule has 0 aliphatic rings. The summed E-state index contributed by atoms with van der Waals surface area (Å²) in [6, 6.07) is 4.86. The van der Waals surface area contributed by atoms with Gasteiger partial charge in [0.15, 0.2) is 0 Å². The number of amides is 3. The van der Waals surface area contributed by atoms with E-state index in [1.165, 1.54) is 0 Å². The number of urea groups is 1. The Balaban J connectivity index is 2.57. The van der Waals surface area contributed by atoms with Gasteiger partial charge >= 0.3 is 6.03 Å². The highest BCUT2D eigenvalue weighted by Gasteiger charge is 2.05. The number of imide groups is 1. The van der Waals surface area contributed by atoms with Crippen molar-refractivity contribution in [2.24, 2.45) is 5.73 Å². The van der Waals surface area contributed by atoms with Gasteiger partial charge in [0.05, 0.1) is 6.54 Å². The van der Waals surface area contributed by atoms with E-state index >= 15 is 0 Å². The van der Waals surface area contributed by atoms with Crippen LogP contribution in [0.25, 0.3) is 0 Å². The predicted molar refractivity (Wildman–Crippen MR) is 65.1 cm³/mol. The molecule has 1 rings (SSSR count). The van der Waals surface area contributed by atoms with Crippen LogP contribution < -0.4 is 16.4 Å². The zero-order valence-corrected chi connectivity index (χ0v) is 10.3. The van der Waals surface area contributed by atoms with Gasteiger partial charge in [-0.3, -0.25) is 10.1 Å². The number of carbonyl (C=O) groups is 2. The van der Waals surface area contributed by atoms with Gasteiger partial charge in [-0.15, -0.1) is 0 Å². The van der Waals surface area contributed by atoms with Crippen molar-refractivity contribution < 1.29 is 9.59 Å². The normalized spacial score (nSPS) is 9.62.